The molecule has 0 aromatic heterocycles. The summed E-state index contributed by atoms with van der Waals surface area (Å²) in [6, 6.07) is 14.9. The van der Waals surface area contributed by atoms with Gasteiger partial charge in [-0.25, -0.2) is 13.1 Å². The molecule has 0 aliphatic heterocycles. The predicted octanol–water partition coefficient (Wildman–Crippen LogP) is 2.14. The lowest BCUT2D eigenvalue weighted by atomic mass is 10.3. The molecule has 0 aliphatic rings. The largest absolute Gasteiger partial charge is 0.508 e. The van der Waals surface area contributed by atoms with Gasteiger partial charge in [0.1, 0.15) is 11.5 Å². The Morgan fingerprint density at radius 3 is 2.52 bits per heavy atom. The molecule has 2 aromatic carbocycles. The third-order valence-electron chi connectivity index (χ3n) is 2.75. The van der Waals surface area contributed by atoms with Crippen LogP contribution in [0, 0.1) is 0 Å². The zero-order valence-corrected chi connectivity index (χ0v) is 12.2. The molecule has 112 valence electrons. The van der Waals surface area contributed by atoms with Crippen LogP contribution in [-0.4, -0.2) is 26.7 Å². The van der Waals surface area contributed by atoms with Crippen molar-refractivity contribution in [3.8, 4) is 11.5 Å². The summed E-state index contributed by atoms with van der Waals surface area (Å²) in [6.07, 6.45) is 0.549. The van der Waals surface area contributed by atoms with Gasteiger partial charge < -0.3 is 9.84 Å². The normalized spacial score (nSPS) is 11.2. The van der Waals surface area contributed by atoms with E-state index < -0.39 is 10.0 Å². The van der Waals surface area contributed by atoms with E-state index in [-0.39, 0.29) is 17.2 Å². The molecular weight excluding hydrogens is 290 g/mol. The van der Waals surface area contributed by atoms with Crippen LogP contribution in [0.3, 0.4) is 0 Å². The monoisotopic (exact) mass is 307 g/mol. The second-order valence-electron chi connectivity index (χ2n) is 4.41. The molecule has 0 heterocycles. The van der Waals surface area contributed by atoms with Crippen LogP contribution in [0.25, 0.3) is 0 Å². The minimum Gasteiger partial charge on any atom is -0.508 e. The van der Waals surface area contributed by atoms with Crippen LogP contribution in [0.5, 0.6) is 11.5 Å². The first-order chi connectivity index (χ1) is 10.1. The highest BCUT2D eigenvalue weighted by molar-refractivity contribution is 7.89. The summed E-state index contributed by atoms with van der Waals surface area (Å²) in [5, 5.41) is 9.30. The van der Waals surface area contributed by atoms with E-state index in [4.69, 9.17) is 4.74 Å². The molecule has 6 heteroatoms. The van der Waals surface area contributed by atoms with E-state index in [1.165, 1.54) is 24.3 Å². The van der Waals surface area contributed by atoms with Gasteiger partial charge in [0.25, 0.3) is 0 Å². The number of hydrogen-bond acceptors (Lipinski definition) is 4. The van der Waals surface area contributed by atoms with Gasteiger partial charge in [0.2, 0.25) is 10.0 Å². The Labute approximate surface area is 124 Å². The van der Waals surface area contributed by atoms with Gasteiger partial charge in [-0.1, -0.05) is 24.3 Å². The fourth-order valence-corrected chi connectivity index (χ4v) is 2.83. The van der Waals surface area contributed by atoms with Gasteiger partial charge in [0.05, 0.1) is 11.5 Å². The number of hydrogen-bond donors (Lipinski definition) is 2. The molecule has 2 N–H and O–H groups in total. The Morgan fingerprint density at radius 2 is 1.81 bits per heavy atom. The highest BCUT2D eigenvalue weighted by atomic mass is 32.2. The maximum atomic E-state index is 12.0. The minimum absolute atomic E-state index is 0.0477. The Kier molecular flexibility index (Phi) is 5.19. The molecule has 0 aliphatic carbocycles. The van der Waals surface area contributed by atoms with Crippen LogP contribution in [-0.2, 0) is 10.0 Å². The highest BCUT2D eigenvalue weighted by Crippen LogP contribution is 2.15. The zero-order valence-electron chi connectivity index (χ0n) is 11.4. The SMILES string of the molecule is O=S(=O)(NCCCOc1ccccc1)c1cccc(O)c1. The number of nitrogens with one attached hydrogen (secondary N) is 1. The number of ether oxygens (including phenoxy) is 1. The summed E-state index contributed by atoms with van der Waals surface area (Å²) in [5.41, 5.74) is 0. The zero-order chi connectivity index (χ0) is 15.1. The topological polar surface area (TPSA) is 75.6 Å². The predicted molar refractivity (Wildman–Crippen MR) is 79.8 cm³/mol. The van der Waals surface area contributed by atoms with Gasteiger partial charge in [-0.3, -0.25) is 0 Å². The number of sulfonamides is 1. The van der Waals surface area contributed by atoms with Crippen molar-refractivity contribution in [3.63, 3.8) is 0 Å². The number of phenols is 1. The van der Waals surface area contributed by atoms with E-state index in [0.717, 1.165) is 5.75 Å². The third-order valence-corrected chi connectivity index (χ3v) is 4.21. The van der Waals surface area contributed by atoms with Gasteiger partial charge in [-0.05, 0) is 36.8 Å². The van der Waals surface area contributed by atoms with Crippen LogP contribution in [0.15, 0.2) is 59.5 Å². The van der Waals surface area contributed by atoms with E-state index in [2.05, 4.69) is 4.72 Å². The van der Waals surface area contributed by atoms with Gasteiger partial charge in [0.15, 0.2) is 0 Å². The molecule has 21 heavy (non-hydrogen) atoms. The van der Waals surface area contributed by atoms with E-state index in [0.29, 0.717) is 13.0 Å². The number of para-hydroxylation sites is 1. The van der Waals surface area contributed by atoms with Crippen LogP contribution in [0.4, 0.5) is 0 Å². The molecule has 2 aromatic rings. The first-order valence-electron chi connectivity index (χ1n) is 6.54. The van der Waals surface area contributed by atoms with Crippen molar-refractivity contribution < 1.29 is 18.3 Å². The fourth-order valence-electron chi connectivity index (χ4n) is 1.72. The Hall–Kier alpha value is -2.05. The van der Waals surface area contributed by atoms with E-state index >= 15 is 0 Å². The summed E-state index contributed by atoms with van der Waals surface area (Å²) < 4.78 is 31.8. The molecule has 0 radical (unpaired) electrons. The lowest BCUT2D eigenvalue weighted by Gasteiger charge is -2.08. The lowest BCUT2D eigenvalue weighted by molar-refractivity contribution is 0.311. The second kappa shape index (κ2) is 7.10. The molecule has 0 spiro atoms. The van der Waals surface area contributed by atoms with Crippen molar-refractivity contribution in [2.24, 2.45) is 0 Å². The third kappa shape index (κ3) is 4.77. The Balaban J connectivity index is 1.78. The van der Waals surface area contributed by atoms with Crippen LogP contribution < -0.4 is 9.46 Å². The van der Waals surface area contributed by atoms with Crippen molar-refractivity contribution in [1.82, 2.24) is 4.72 Å². The number of rotatable bonds is 7. The summed E-state index contributed by atoms with van der Waals surface area (Å²) in [6.45, 7) is 0.692. The van der Waals surface area contributed by atoms with E-state index in [1.807, 2.05) is 30.3 Å². The number of phenolic OH excluding ortho intramolecular Hbond substituents is 1. The lowest BCUT2D eigenvalue weighted by Crippen LogP contribution is -2.25. The molecule has 0 amide bonds. The van der Waals surface area contributed by atoms with Crippen LogP contribution >= 0.6 is 0 Å². The van der Waals surface area contributed by atoms with Crippen molar-refractivity contribution in [2.75, 3.05) is 13.2 Å². The molecule has 0 saturated heterocycles. The maximum absolute atomic E-state index is 12.0. The summed E-state index contributed by atoms with van der Waals surface area (Å²) >= 11 is 0. The van der Waals surface area contributed by atoms with Crippen LogP contribution in [0.1, 0.15) is 6.42 Å². The number of benzene rings is 2. The van der Waals surface area contributed by atoms with Gasteiger partial charge in [-0.15, -0.1) is 0 Å². The summed E-state index contributed by atoms with van der Waals surface area (Å²) in [4.78, 5) is 0.0477. The standard InChI is InChI=1S/C15H17NO4S/c17-13-6-4-9-15(12-13)21(18,19)16-10-5-11-20-14-7-2-1-3-8-14/h1-4,6-9,12,16-17H,5,10-11H2. The molecule has 0 unspecified atom stereocenters. The minimum atomic E-state index is -3.59. The first kappa shape index (κ1) is 15.3. The second-order valence-corrected chi connectivity index (χ2v) is 6.18. The van der Waals surface area contributed by atoms with E-state index in [1.54, 1.807) is 0 Å². The molecule has 0 bridgehead atoms. The molecule has 0 fully saturated rings. The Bertz CT molecular complexity index is 671. The quantitative estimate of drug-likeness (QED) is 0.768. The van der Waals surface area contributed by atoms with Crippen molar-refractivity contribution in [3.05, 3.63) is 54.6 Å². The van der Waals surface area contributed by atoms with Crippen molar-refractivity contribution in [2.45, 2.75) is 11.3 Å². The van der Waals surface area contributed by atoms with Gasteiger partial charge >= 0.3 is 0 Å². The number of aromatic hydroxyl groups is 1. The summed E-state index contributed by atoms with van der Waals surface area (Å²) in [5.74, 6) is 0.679. The molecular formula is C15H17NO4S. The van der Waals surface area contributed by atoms with E-state index in [9.17, 15) is 13.5 Å². The van der Waals surface area contributed by atoms with Crippen molar-refractivity contribution >= 4 is 10.0 Å². The van der Waals surface area contributed by atoms with Gasteiger partial charge in [-0.2, -0.15) is 0 Å². The molecule has 2 rings (SSSR count). The van der Waals surface area contributed by atoms with Crippen LogP contribution in [0.2, 0.25) is 0 Å². The first-order valence-corrected chi connectivity index (χ1v) is 8.03. The van der Waals surface area contributed by atoms with Gasteiger partial charge in [0, 0.05) is 6.54 Å². The molecule has 0 atom stereocenters. The Morgan fingerprint density at radius 1 is 1.05 bits per heavy atom. The smallest absolute Gasteiger partial charge is 0.240 e. The average molecular weight is 307 g/mol. The van der Waals surface area contributed by atoms with Crippen molar-refractivity contribution in [1.29, 1.82) is 0 Å². The highest BCUT2D eigenvalue weighted by Gasteiger charge is 2.13. The molecule has 0 saturated carbocycles. The maximum Gasteiger partial charge on any atom is 0.240 e. The average Bonchev–Trinajstić information content (AvgIpc) is 2.48. The molecule has 5 nitrogen and oxygen atoms in total. The summed E-state index contributed by atoms with van der Waals surface area (Å²) in [7, 11) is -3.59. The fraction of sp³-hybridized carbons (Fsp3) is 0.200.